The Balaban J connectivity index is 0.00000112. The Morgan fingerprint density at radius 2 is 2.13 bits per heavy atom. The summed E-state index contributed by atoms with van der Waals surface area (Å²) < 4.78 is 8.95. The number of hydrogen-bond acceptors (Lipinski definition) is 2. The van der Waals surface area contributed by atoms with Gasteiger partial charge in [-0.25, -0.2) is 0 Å². The molecule has 4 heteroatoms. The molecule has 15 heavy (non-hydrogen) atoms. The lowest BCUT2D eigenvalue weighted by Crippen LogP contribution is -3.00. The van der Waals surface area contributed by atoms with Crippen molar-refractivity contribution in [1.29, 1.82) is 0 Å². The van der Waals surface area contributed by atoms with Gasteiger partial charge in [0.15, 0.2) is 0 Å². The van der Waals surface area contributed by atoms with E-state index in [1.807, 2.05) is 13.0 Å². The van der Waals surface area contributed by atoms with Crippen molar-refractivity contribution < 1.29 is 33.3 Å². The first-order valence-corrected chi connectivity index (χ1v) is 5.56. The van der Waals surface area contributed by atoms with Crippen LogP contribution in [0.15, 0.2) is 18.2 Å². The molecule has 0 aliphatic rings. The normalized spacial score (nSPS) is 10.1. The molecule has 0 aliphatic heterocycles. The summed E-state index contributed by atoms with van der Waals surface area (Å²) in [6, 6.07) is 6.25. The van der Waals surface area contributed by atoms with Crippen molar-refractivity contribution in [2.24, 2.45) is 7.05 Å². The van der Waals surface area contributed by atoms with Crippen LogP contribution in [0, 0.1) is 6.92 Å². The molecular formula is C11H14INOS. The van der Waals surface area contributed by atoms with Crippen LogP contribution < -0.4 is 33.3 Å². The zero-order valence-electron chi connectivity index (χ0n) is 9.08. The number of rotatable bonds is 2. The van der Waals surface area contributed by atoms with Gasteiger partial charge >= 0.3 is 0 Å². The Hall–Kier alpha value is -0.360. The van der Waals surface area contributed by atoms with Crippen molar-refractivity contribution in [3.8, 4) is 5.75 Å². The molecule has 1 aromatic carbocycles. The first-order chi connectivity index (χ1) is 6.72. The minimum atomic E-state index is 0. The summed E-state index contributed by atoms with van der Waals surface area (Å²) in [5.74, 6) is 0.960. The minimum Gasteiger partial charge on any atom is -1.00 e. The quantitative estimate of drug-likeness (QED) is 0.530. The van der Waals surface area contributed by atoms with Crippen LogP contribution in [0.3, 0.4) is 0 Å². The highest BCUT2D eigenvalue weighted by Crippen LogP contribution is 2.24. The van der Waals surface area contributed by atoms with E-state index < -0.39 is 0 Å². The van der Waals surface area contributed by atoms with E-state index in [2.05, 4.69) is 30.7 Å². The van der Waals surface area contributed by atoms with E-state index in [-0.39, 0.29) is 24.0 Å². The molecule has 0 bridgehead atoms. The second-order valence-corrected chi connectivity index (χ2v) is 4.48. The molecule has 0 saturated carbocycles. The number of thiazole rings is 1. The summed E-state index contributed by atoms with van der Waals surface area (Å²) >= 11 is 1.80. The molecule has 0 aliphatic carbocycles. The molecule has 2 nitrogen and oxygen atoms in total. The third-order valence-electron chi connectivity index (χ3n) is 2.33. The van der Waals surface area contributed by atoms with E-state index in [4.69, 9.17) is 4.74 Å². The van der Waals surface area contributed by atoms with Gasteiger partial charge in [0.05, 0.1) is 6.61 Å². The van der Waals surface area contributed by atoms with Gasteiger partial charge in [0.25, 0.3) is 0 Å². The van der Waals surface area contributed by atoms with Crippen LogP contribution in [0.25, 0.3) is 10.2 Å². The van der Waals surface area contributed by atoms with E-state index >= 15 is 0 Å². The van der Waals surface area contributed by atoms with Crippen molar-refractivity contribution in [2.45, 2.75) is 13.8 Å². The Kier molecular flexibility index (Phi) is 4.33. The Labute approximate surface area is 111 Å². The van der Waals surface area contributed by atoms with Crippen molar-refractivity contribution in [3.05, 3.63) is 23.2 Å². The minimum absolute atomic E-state index is 0. The average Bonchev–Trinajstić information content (AvgIpc) is 2.43. The molecule has 0 amide bonds. The van der Waals surface area contributed by atoms with Gasteiger partial charge in [-0.05, 0) is 13.0 Å². The fraction of sp³-hybridized carbons (Fsp3) is 0.364. The van der Waals surface area contributed by atoms with E-state index in [0.717, 1.165) is 12.4 Å². The zero-order chi connectivity index (χ0) is 10.1. The maximum Gasteiger partial charge on any atom is 0.234 e. The van der Waals surface area contributed by atoms with Gasteiger partial charge in [-0.15, -0.1) is 0 Å². The van der Waals surface area contributed by atoms with E-state index in [0.29, 0.717) is 0 Å². The smallest absolute Gasteiger partial charge is 0.234 e. The second kappa shape index (κ2) is 5.12. The molecule has 0 atom stereocenters. The molecule has 0 unspecified atom stereocenters. The highest BCUT2D eigenvalue weighted by atomic mass is 127. The molecule has 0 fully saturated rings. The van der Waals surface area contributed by atoms with Gasteiger partial charge < -0.3 is 28.7 Å². The lowest BCUT2D eigenvalue weighted by molar-refractivity contribution is -0.646. The van der Waals surface area contributed by atoms with Gasteiger partial charge in [-0.2, -0.15) is 4.57 Å². The zero-order valence-corrected chi connectivity index (χ0v) is 12.1. The molecule has 0 radical (unpaired) electrons. The summed E-state index contributed by atoms with van der Waals surface area (Å²) in [6.07, 6.45) is 0. The van der Waals surface area contributed by atoms with Crippen molar-refractivity contribution in [3.63, 3.8) is 0 Å². The van der Waals surface area contributed by atoms with Gasteiger partial charge in [-0.1, -0.05) is 11.3 Å². The van der Waals surface area contributed by atoms with Crippen LogP contribution in [0.5, 0.6) is 5.75 Å². The molecule has 2 rings (SSSR count). The highest BCUT2D eigenvalue weighted by molar-refractivity contribution is 7.18. The van der Waals surface area contributed by atoms with Crippen molar-refractivity contribution in [1.82, 2.24) is 0 Å². The fourth-order valence-electron chi connectivity index (χ4n) is 1.51. The number of halogens is 1. The van der Waals surface area contributed by atoms with Crippen molar-refractivity contribution >= 4 is 21.6 Å². The largest absolute Gasteiger partial charge is 1.00 e. The van der Waals surface area contributed by atoms with Gasteiger partial charge in [0.2, 0.25) is 10.5 Å². The van der Waals surface area contributed by atoms with Gasteiger partial charge in [0.1, 0.15) is 17.5 Å². The maximum atomic E-state index is 5.46. The SMILES string of the molecule is CCOc1ccc2c(c1)sc(C)[n+]2C.[I-]. The van der Waals surface area contributed by atoms with E-state index in [1.165, 1.54) is 15.2 Å². The summed E-state index contributed by atoms with van der Waals surface area (Å²) in [5, 5.41) is 1.31. The third-order valence-corrected chi connectivity index (χ3v) is 3.45. The molecule has 82 valence electrons. The van der Waals surface area contributed by atoms with Crippen molar-refractivity contribution in [2.75, 3.05) is 6.61 Å². The van der Waals surface area contributed by atoms with Crippen LogP contribution in [0.4, 0.5) is 0 Å². The molecule has 0 saturated heterocycles. The number of aromatic nitrogens is 1. The number of fused-ring (bicyclic) bond motifs is 1. The monoisotopic (exact) mass is 335 g/mol. The van der Waals surface area contributed by atoms with E-state index in [9.17, 15) is 0 Å². The Bertz CT molecular complexity index is 467. The molecule has 0 N–H and O–H groups in total. The molecule has 2 aromatic rings. The Morgan fingerprint density at radius 3 is 2.80 bits per heavy atom. The van der Waals surface area contributed by atoms with Crippen LogP contribution in [-0.2, 0) is 7.05 Å². The maximum absolute atomic E-state index is 5.46. The number of nitrogens with zero attached hydrogens (tertiary/aromatic N) is 1. The molecule has 1 aromatic heterocycles. The summed E-state index contributed by atoms with van der Waals surface area (Å²) in [7, 11) is 2.09. The second-order valence-electron chi connectivity index (χ2n) is 3.24. The fourth-order valence-corrected chi connectivity index (χ4v) is 2.55. The number of aryl methyl sites for hydroxylation is 2. The standard InChI is InChI=1S/C11H14NOS.HI/c1-4-13-9-5-6-10-11(7-9)14-8(2)12(10)3;/h5-7H,4H2,1-3H3;1H/q+1;/p-1. The van der Waals surface area contributed by atoms with Crippen LogP contribution >= 0.6 is 11.3 Å². The topological polar surface area (TPSA) is 13.1 Å². The molecule has 1 heterocycles. The first kappa shape index (κ1) is 12.7. The number of benzene rings is 1. The molecular weight excluding hydrogens is 321 g/mol. The lowest BCUT2D eigenvalue weighted by Gasteiger charge is -2.00. The van der Waals surface area contributed by atoms with Gasteiger partial charge in [0, 0.05) is 19.1 Å². The van der Waals surface area contributed by atoms with Crippen LogP contribution in [-0.4, -0.2) is 6.61 Å². The predicted molar refractivity (Wildman–Crippen MR) is 58.9 cm³/mol. The molecule has 0 spiro atoms. The third kappa shape index (κ3) is 2.42. The van der Waals surface area contributed by atoms with Crippen LogP contribution in [0.1, 0.15) is 11.9 Å². The predicted octanol–water partition coefficient (Wildman–Crippen LogP) is -0.563. The summed E-state index contributed by atoms with van der Waals surface area (Å²) in [4.78, 5) is 0. The number of hydrogen-bond donors (Lipinski definition) is 0. The van der Waals surface area contributed by atoms with Crippen LogP contribution in [0.2, 0.25) is 0 Å². The van der Waals surface area contributed by atoms with Gasteiger partial charge in [-0.3, -0.25) is 0 Å². The first-order valence-electron chi connectivity index (χ1n) is 4.74. The lowest BCUT2D eigenvalue weighted by atomic mass is 10.3. The van der Waals surface area contributed by atoms with E-state index in [1.54, 1.807) is 11.3 Å². The number of ether oxygens (including phenoxy) is 1. The highest BCUT2D eigenvalue weighted by Gasteiger charge is 2.12. The summed E-state index contributed by atoms with van der Waals surface area (Å²) in [5.41, 5.74) is 1.27. The Morgan fingerprint density at radius 1 is 1.40 bits per heavy atom. The summed E-state index contributed by atoms with van der Waals surface area (Å²) in [6.45, 7) is 4.86. The average molecular weight is 335 g/mol.